The molecular weight excluding hydrogens is 423 g/mol. The Bertz CT molecular complexity index is 995. The predicted octanol–water partition coefficient (Wildman–Crippen LogP) is 2.59. The summed E-state index contributed by atoms with van der Waals surface area (Å²) in [4.78, 5) is 13.6. The Morgan fingerprint density at radius 2 is 1.94 bits per heavy atom. The van der Waals surface area contributed by atoms with Gasteiger partial charge in [0.1, 0.15) is 12.1 Å². The molecule has 4 rings (SSSR count). The number of halogens is 3. The number of hydrogen-bond acceptors (Lipinski definition) is 5. The molecule has 3 atom stereocenters. The van der Waals surface area contributed by atoms with Crippen molar-refractivity contribution in [3.63, 3.8) is 0 Å². The minimum atomic E-state index is -4.53. The van der Waals surface area contributed by atoms with Gasteiger partial charge in [0.05, 0.1) is 5.56 Å². The van der Waals surface area contributed by atoms with Gasteiger partial charge in [0.25, 0.3) is 6.02 Å². The minimum Gasteiger partial charge on any atom is -0.462 e. The number of amidine groups is 1. The van der Waals surface area contributed by atoms with E-state index in [9.17, 15) is 18.0 Å². The van der Waals surface area contributed by atoms with Crippen molar-refractivity contribution < 1.29 is 22.7 Å². The number of piperazine rings is 1. The Hall–Kier alpha value is -3.11. The van der Waals surface area contributed by atoms with Crippen LogP contribution in [0.3, 0.4) is 0 Å². The van der Waals surface area contributed by atoms with Crippen molar-refractivity contribution in [2.45, 2.75) is 23.7 Å². The topological polar surface area (TPSA) is 103 Å². The van der Waals surface area contributed by atoms with E-state index in [2.05, 4.69) is 10.6 Å². The highest BCUT2D eigenvalue weighted by atomic mass is 19.4. The van der Waals surface area contributed by atoms with E-state index in [-0.39, 0.29) is 12.6 Å². The largest absolute Gasteiger partial charge is 0.462 e. The molecule has 10 heteroatoms. The SMILES string of the molecule is N=C1OCC(c2ccccc2)(C(c2cccc(C(F)(F)F)c2)C2CNCCN2)N1C(N)=O. The van der Waals surface area contributed by atoms with E-state index in [1.807, 2.05) is 0 Å². The second kappa shape index (κ2) is 8.44. The van der Waals surface area contributed by atoms with Gasteiger partial charge in [-0.15, -0.1) is 0 Å². The molecule has 2 fully saturated rings. The number of ether oxygens (including phenoxy) is 1. The Kier molecular flexibility index (Phi) is 5.83. The summed E-state index contributed by atoms with van der Waals surface area (Å²) in [6, 6.07) is 12.3. The first-order chi connectivity index (χ1) is 15.2. The van der Waals surface area contributed by atoms with Crippen molar-refractivity contribution in [1.82, 2.24) is 15.5 Å². The summed E-state index contributed by atoms with van der Waals surface area (Å²) in [5, 5.41) is 14.9. The van der Waals surface area contributed by atoms with Gasteiger partial charge in [0.15, 0.2) is 0 Å². The van der Waals surface area contributed by atoms with Crippen molar-refractivity contribution in [2.75, 3.05) is 26.2 Å². The standard InChI is InChI=1S/C22H24F3N5O2/c23-22(24,25)16-8-4-5-14(11-16)18(17-12-28-9-10-29-17)21(15-6-2-1-3-7-15)13-32-20(27)30(21)19(26)31/h1-8,11,17-18,27-29H,9-10,12-13H2,(H2,26,31). The van der Waals surface area contributed by atoms with Crippen molar-refractivity contribution in [1.29, 1.82) is 5.41 Å². The van der Waals surface area contributed by atoms with Gasteiger partial charge in [-0.25, -0.2) is 9.69 Å². The van der Waals surface area contributed by atoms with Crippen LogP contribution in [-0.2, 0) is 16.5 Å². The number of urea groups is 1. The highest BCUT2D eigenvalue weighted by molar-refractivity contribution is 5.94. The lowest BCUT2D eigenvalue weighted by Crippen LogP contribution is -2.61. The van der Waals surface area contributed by atoms with Crippen LogP contribution >= 0.6 is 0 Å². The Labute approximate surface area is 183 Å². The van der Waals surface area contributed by atoms with Crippen molar-refractivity contribution >= 4 is 12.1 Å². The van der Waals surface area contributed by atoms with Crippen molar-refractivity contribution in [3.8, 4) is 0 Å². The number of hydrogen-bond donors (Lipinski definition) is 4. The normalized spacial score (nSPS) is 24.8. The zero-order chi connectivity index (χ0) is 22.9. The molecule has 2 aromatic rings. The highest BCUT2D eigenvalue weighted by Crippen LogP contribution is 2.48. The van der Waals surface area contributed by atoms with Gasteiger partial charge in [0.2, 0.25) is 0 Å². The Morgan fingerprint density at radius 3 is 2.56 bits per heavy atom. The minimum absolute atomic E-state index is 0.113. The number of nitrogens with one attached hydrogen (secondary N) is 3. The van der Waals surface area contributed by atoms with Crippen molar-refractivity contribution in [2.24, 2.45) is 5.73 Å². The lowest BCUT2D eigenvalue weighted by molar-refractivity contribution is -0.137. The third-order valence-electron chi connectivity index (χ3n) is 6.09. The molecule has 2 saturated heterocycles. The first-order valence-electron chi connectivity index (χ1n) is 10.2. The van der Waals surface area contributed by atoms with E-state index >= 15 is 0 Å². The van der Waals surface area contributed by atoms with Gasteiger partial charge in [0, 0.05) is 31.6 Å². The van der Waals surface area contributed by atoms with Crippen molar-refractivity contribution in [3.05, 3.63) is 71.3 Å². The van der Waals surface area contributed by atoms with E-state index in [1.54, 1.807) is 36.4 Å². The van der Waals surface area contributed by atoms with E-state index < -0.39 is 35.2 Å². The summed E-state index contributed by atoms with van der Waals surface area (Å²) in [5.74, 6) is -0.699. The number of rotatable bonds is 4. The lowest BCUT2D eigenvalue weighted by Gasteiger charge is -2.46. The van der Waals surface area contributed by atoms with Gasteiger partial charge in [-0.3, -0.25) is 5.41 Å². The molecule has 7 nitrogen and oxygen atoms in total. The van der Waals surface area contributed by atoms with Crippen LogP contribution in [0, 0.1) is 5.41 Å². The molecule has 5 N–H and O–H groups in total. The molecule has 0 spiro atoms. The van der Waals surface area contributed by atoms with E-state index in [0.717, 1.165) is 17.0 Å². The second-order valence-electron chi connectivity index (χ2n) is 7.92. The number of nitrogens with zero attached hydrogens (tertiary/aromatic N) is 1. The van der Waals surface area contributed by atoms with Gasteiger partial charge in [-0.1, -0.05) is 48.5 Å². The quantitative estimate of drug-likeness (QED) is 0.579. The maximum atomic E-state index is 13.6. The molecular formula is C22H24F3N5O2. The molecule has 0 radical (unpaired) electrons. The van der Waals surface area contributed by atoms with E-state index in [4.69, 9.17) is 15.9 Å². The Balaban J connectivity index is 1.97. The molecule has 32 heavy (non-hydrogen) atoms. The van der Waals surface area contributed by atoms with Gasteiger partial charge < -0.3 is 21.1 Å². The number of benzene rings is 2. The molecule has 2 aliphatic heterocycles. The van der Waals surface area contributed by atoms with Crippen LogP contribution in [0.2, 0.25) is 0 Å². The second-order valence-corrected chi connectivity index (χ2v) is 7.92. The zero-order valence-corrected chi connectivity index (χ0v) is 17.2. The van der Waals surface area contributed by atoms with Gasteiger partial charge in [-0.05, 0) is 17.2 Å². The molecule has 2 aliphatic rings. The van der Waals surface area contributed by atoms with Crippen LogP contribution < -0.4 is 16.4 Å². The first-order valence-corrected chi connectivity index (χ1v) is 10.2. The summed E-state index contributed by atoms with van der Waals surface area (Å²) < 4.78 is 46.2. The number of primary amides is 1. The zero-order valence-electron chi connectivity index (χ0n) is 17.2. The smallest absolute Gasteiger partial charge is 0.416 e. The average Bonchev–Trinajstić information content (AvgIpc) is 3.13. The number of carbonyl (C=O) groups excluding carboxylic acids is 1. The van der Waals surface area contributed by atoms with E-state index in [1.165, 1.54) is 6.07 Å². The highest BCUT2D eigenvalue weighted by Gasteiger charge is 2.57. The predicted molar refractivity (Wildman–Crippen MR) is 112 cm³/mol. The Morgan fingerprint density at radius 1 is 1.19 bits per heavy atom. The van der Waals surface area contributed by atoms with Gasteiger partial charge in [-0.2, -0.15) is 13.2 Å². The third-order valence-corrected chi connectivity index (χ3v) is 6.09. The van der Waals surface area contributed by atoms with Crippen LogP contribution in [0.4, 0.5) is 18.0 Å². The van der Waals surface area contributed by atoms with Crippen LogP contribution in [0.1, 0.15) is 22.6 Å². The van der Waals surface area contributed by atoms with Crippen LogP contribution in [-0.4, -0.2) is 49.2 Å². The summed E-state index contributed by atoms with van der Waals surface area (Å²) in [6.07, 6.45) is -4.53. The van der Waals surface area contributed by atoms with Crippen LogP contribution in [0.5, 0.6) is 0 Å². The number of nitrogens with two attached hydrogens (primary N) is 1. The average molecular weight is 447 g/mol. The molecule has 170 valence electrons. The first kappa shape index (κ1) is 22.1. The van der Waals surface area contributed by atoms with E-state index in [0.29, 0.717) is 30.8 Å². The number of carbonyl (C=O) groups is 1. The van der Waals surface area contributed by atoms with Crippen LogP contribution in [0.15, 0.2) is 54.6 Å². The third kappa shape index (κ3) is 3.80. The number of amides is 2. The monoisotopic (exact) mass is 447 g/mol. The molecule has 2 aromatic carbocycles. The fraction of sp³-hybridized carbons (Fsp3) is 0.364. The summed E-state index contributed by atoms with van der Waals surface area (Å²) in [6.45, 7) is 1.64. The molecule has 3 unspecified atom stereocenters. The summed E-state index contributed by atoms with van der Waals surface area (Å²) >= 11 is 0. The molecule has 0 saturated carbocycles. The molecule has 2 heterocycles. The molecule has 0 aromatic heterocycles. The fourth-order valence-electron chi connectivity index (χ4n) is 4.79. The summed E-state index contributed by atoms with van der Waals surface area (Å²) in [5.41, 5.74) is 4.59. The number of alkyl halides is 3. The summed E-state index contributed by atoms with van der Waals surface area (Å²) in [7, 11) is 0. The molecule has 0 bridgehead atoms. The van der Waals surface area contributed by atoms with Crippen LogP contribution in [0.25, 0.3) is 0 Å². The maximum absolute atomic E-state index is 13.6. The maximum Gasteiger partial charge on any atom is 0.416 e. The molecule has 2 amide bonds. The lowest BCUT2D eigenvalue weighted by atomic mass is 9.70. The van der Waals surface area contributed by atoms with Gasteiger partial charge >= 0.3 is 12.2 Å². The fourth-order valence-corrected chi connectivity index (χ4v) is 4.79. The molecule has 0 aliphatic carbocycles.